The van der Waals surface area contributed by atoms with Gasteiger partial charge in [0.15, 0.2) is 0 Å². The lowest BCUT2D eigenvalue weighted by atomic mass is 10.1. The van der Waals surface area contributed by atoms with E-state index in [0.717, 1.165) is 31.4 Å². The van der Waals surface area contributed by atoms with Gasteiger partial charge in [0.2, 0.25) is 5.91 Å². The number of hydrogen-bond donors (Lipinski definition) is 2. The van der Waals surface area contributed by atoms with E-state index in [1.165, 1.54) is 32.1 Å². The number of amides is 1. The Labute approximate surface area is 195 Å². The molecular formula is C22H48N2O5PS+. The lowest BCUT2D eigenvalue weighted by Crippen LogP contribution is -2.40. The molecule has 0 bridgehead atoms. The van der Waals surface area contributed by atoms with Crippen LogP contribution in [0.15, 0.2) is 0 Å². The molecule has 1 amide bonds. The molecule has 0 aromatic carbocycles. The number of thioether (sulfide) groups is 1. The number of likely N-dealkylation sites (N-methyl/N-ethyl adjacent to an activating group) is 1. The molecule has 0 saturated heterocycles. The first kappa shape index (κ1) is 30.9. The van der Waals surface area contributed by atoms with Gasteiger partial charge in [-0.05, 0) is 18.6 Å². The summed E-state index contributed by atoms with van der Waals surface area (Å²) >= 11 is 1.75. The Morgan fingerprint density at radius 1 is 1.00 bits per heavy atom. The van der Waals surface area contributed by atoms with Gasteiger partial charge in [-0.25, -0.2) is 4.57 Å². The van der Waals surface area contributed by atoms with Crippen LogP contribution < -0.4 is 5.32 Å². The predicted octanol–water partition coefficient (Wildman–Crippen LogP) is 4.99. The number of phosphoric ester groups is 1. The summed E-state index contributed by atoms with van der Waals surface area (Å²) in [6.45, 7) is 5.07. The average Bonchev–Trinajstić information content (AvgIpc) is 2.67. The Kier molecular flexibility index (Phi) is 18.3. The minimum atomic E-state index is -4.13. The van der Waals surface area contributed by atoms with Gasteiger partial charge in [-0.2, -0.15) is 11.8 Å². The van der Waals surface area contributed by atoms with Crippen LogP contribution in [0.2, 0.25) is 0 Å². The smallest absolute Gasteiger partial charge is 0.350 e. The summed E-state index contributed by atoms with van der Waals surface area (Å²) in [5, 5.41) is 2.99. The Balaban J connectivity index is 4.46. The Morgan fingerprint density at radius 2 is 1.61 bits per heavy atom. The molecule has 0 heterocycles. The van der Waals surface area contributed by atoms with Gasteiger partial charge in [0, 0.05) is 12.2 Å². The molecule has 1 unspecified atom stereocenters. The third-order valence-corrected chi connectivity index (χ3v) is 6.99. The van der Waals surface area contributed by atoms with Crippen molar-refractivity contribution in [3.8, 4) is 0 Å². The van der Waals surface area contributed by atoms with Crippen LogP contribution in [0.5, 0.6) is 0 Å². The second-order valence-corrected chi connectivity index (χ2v) is 11.8. The van der Waals surface area contributed by atoms with Crippen LogP contribution >= 0.6 is 19.6 Å². The number of nitrogens with zero attached hydrogens (tertiary/aromatic N) is 1. The van der Waals surface area contributed by atoms with Gasteiger partial charge < -0.3 is 14.7 Å². The first-order valence-electron chi connectivity index (χ1n) is 11.9. The van der Waals surface area contributed by atoms with Crippen LogP contribution in [0.4, 0.5) is 0 Å². The number of carbonyl (C=O) groups is 1. The van der Waals surface area contributed by atoms with Gasteiger partial charge >= 0.3 is 7.82 Å². The maximum absolute atomic E-state index is 12.3. The Bertz CT molecular complexity index is 503. The van der Waals surface area contributed by atoms with Crippen LogP contribution in [-0.2, 0) is 18.4 Å². The highest BCUT2D eigenvalue weighted by molar-refractivity contribution is 7.99. The Morgan fingerprint density at radius 3 is 2.23 bits per heavy atom. The van der Waals surface area contributed by atoms with Gasteiger partial charge in [0.05, 0.1) is 33.8 Å². The third-order valence-electron chi connectivity index (χ3n) is 4.79. The fourth-order valence-electron chi connectivity index (χ4n) is 2.83. The van der Waals surface area contributed by atoms with E-state index in [0.29, 0.717) is 23.2 Å². The van der Waals surface area contributed by atoms with E-state index in [4.69, 9.17) is 9.05 Å². The molecule has 0 saturated carbocycles. The molecule has 0 spiro atoms. The van der Waals surface area contributed by atoms with Gasteiger partial charge in [-0.1, -0.05) is 58.8 Å². The van der Waals surface area contributed by atoms with Crippen molar-refractivity contribution >= 4 is 25.5 Å². The summed E-state index contributed by atoms with van der Waals surface area (Å²) in [6.07, 6.45) is 10.7. The Hall–Kier alpha value is -0.110. The van der Waals surface area contributed by atoms with Crippen molar-refractivity contribution in [1.82, 2.24) is 5.32 Å². The van der Waals surface area contributed by atoms with E-state index in [1.54, 1.807) is 11.8 Å². The topological polar surface area (TPSA) is 84.9 Å². The number of carbonyl (C=O) groups excluding carboxylic acids is 1. The monoisotopic (exact) mass is 483 g/mol. The number of phosphoric acid groups is 1. The maximum atomic E-state index is 12.3. The van der Waals surface area contributed by atoms with E-state index < -0.39 is 7.82 Å². The molecule has 31 heavy (non-hydrogen) atoms. The molecule has 0 radical (unpaired) electrons. The largest absolute Gasteiger partial charge is 0.472 e. The van der Waals surface area contributed by atoms with Crippen LogP contribution in [0.25, 0.3) is 0 Å². The molecule has 2 atom stereocenters. The second kappa shape index (κ2) is 18.3. The number of unbranched alkanes of at least 4 members (excludes halogenated alkanes) is 7. The molecule has 0 aliphatic heterocycles. The number of nitrogens with one attached hydrogen (secondary N) is 1. The van der Waals surface area contributed by atoms with Crippen LogP contribution in [0.1, 0.15) is 78.1 Å². The summed E-state index contributed by atoms with van der Waals surface area (Å²) in [7, 11) is 1.82. The highest BCUT2D eigenvalue weighted by Crippen LogP contribution is 2.43. The molecule has 7 nitrogen and oxygen atoms in total. The molecule has 9 heteroatoms. The van der Waals surface area contributed by atoms with Crippen molar-refractivity contribution in [3.63, 3.8) is 0 Å². The number of hydrogen-bond acceptors (Lipinski definition) is 5. The van der Waals surface area contributed by atoms with Gasteiger partial charge in [0.1, 0.15) is 13.2 Å². The van der Waals surface area contributed by atoms with Crippen LogP contribution in [-0.4, -0.2) is 73.7 Å². The average molecular weight is 484 g/mol. The summed E-state index contributed by atoms with van der Waals surface area (Å²) in [6, 6.07) is -0.304. The molecule has 0 fully saturated rings. The second-order valence-electron chi connectivity index (χ2n) is 9.18. The summed E-state index contributed by atoms with van der Waals surface area (Å²) in [4.78, 5) is 22.3. The SMILES string of the molecule is CCCCCCCC(=O)N[C@@H](COP(=O)(O)OCC[N+](C)(C)C)CSCCCCCC. The summed E-state index contributed by atoms with van der Waals surface area (Å²) in [5.74, 6) is 1.66. The zero-order chi connectivity index (χ0) is 23.6. The van der Waals surface area contributed by atoms with Crippen LogP contribution in [0.3, 0.4) is 0 Å². The minimum absolute atomic E-state index is 0.0181. The van der Waals surface area contributed by atoms with E-state index in [9.17, 15) is 14.3 Å². The summed E-state index contributed by atoms with van der Waals surface area (Å²) < 4.78 is 23.1. The van der Waals surface area contributed by atoms with Gasteiger partial charge in [-0.3, -0.25) is 13.8 Å². The number of rotatable bonds is 21. The third kappa shape index (κ3) is 21.5. The highest BCUT2D eigenvalue weighted by atomic mass is 32.2. The zero-order valence-electron chi connectivity index (χ0n) is 20.6. The van der Waals surface area contributed by atoms with E-state index in [-0.39, 0.29) is 25.2 Å². The predicted molar refractivity (Wildman–Crippen MR) is 131 cm³/mol. The molecule has 0 aromatic heterocycles. The van der Waals surface area contributed by atoms with E-state index in [1.807, 2.05) is 21.1 Å². The number of quaternary nitrogens is 1. The van der Waals surface area contributed by atoms with Crippen molar-refractivity contribution in [2.24, 2.45) is 0 Å². The lowest BCUT2D eigenvalue weighted by Gasteiger charge is -2.24. The minimum Gasteiger partial charge on any atom is -0.350 e. The van der Waals surface area contributed by atoms with E-state index >= 15 is 0 Å². The standard InChI is InChI=1S/C22H47N2O5PS/c1-6-8-10-12-13-15-22(25)23-21(20-31-18-14-11-9-7-2)19-29-30(26,27)28-17-16-24(3,4)5/h21H,6-20H2,1-5H3,(H-,23,25,26,27)/p+1/t21-/m0/s1. The first-order valence-corrected chi connectivity index (χ1v) is 14.5. The fraction of sp³-hybridized carbons (Fsp3) is 0.955. The fourth-order valence-corrected chi connectivity index (χ4v) is 4.62. The molecular weight excluding hydrogens is 435 g/mol. The van der Waals surface area contributed by atoms with E-state index in [2.05, 4.69) is 19.2 Å². The van der Waals surface area contributed by atoms with Crippen molar-refractivity contribution in [1.29, 1.82) is 0 Å². The van der Waals surface area contributed by atoms with Gasteiger partial charge in [0.25, 0.3) is 0 Å². The highest BCUT2D eigenvalue weighted by Gasteiger charge is 2.25. The van der Waals surface area contributed by atoms with Gasteiger partial charge in [-0.15, -0.1) is 0 Å². The lowest BCUT2D eigenvalue weighted by molar-refractivity contribution is -0.870. The zero-order valence-corrected chi connectivity index (χ0v) is 22.3. The van der Waals surface area contributed by atoms with Crippen molar-refractivity contribution in [3.05, 3.63) is 0 Å². The van der Waals surface area contributed by atoms with Crippen LogP contribution in [0, 0.1) is 0 Å². The molecule has 0 aromatic rings. The maximum Gasteiger partial charge on any atom is 0.472 e. The quantitative estimate of drug-likeness (QED) is 0.136. The molecule has 0 rings (SSSR count). The normalized spacial score (nSPS) is 14.9. The van der Waals surface area contributed by atoms with Crippen molar-refractivity contribution in [2.75, 3.05) is 52.4 Å². The molecule has 0 aliphatic carbocycles. The molecule has 2 N–H and O–H groups in total. The summed E-state index contributed by atoms with van der Waals surface area (Å²) in [5.41, 5.74) is 0. The first-order chi connectivity index (χ1) is 14.6. The van der Waals surface area contributed by atoms with Crippen molar-refractivity contribution < 1.29 is 27.8 Å². The van der Waals surface area contributed by atoms with Crippen molar-refractivity contribution in [2.45, 2.75) is 84.1 Å². The molecule has 186 valence electrons. The molecule has 0 aliphatic rings.